The molecule has 1 aromatic carbocycles. The molecule has 0 aliphatic rings. The predicted octanol–water partition coefficient (Wildman–Crippen LogP) is 4.53. The van der Waals surface area contributed by atoms with E-state index in [9.17, 15) is 23.2 Å². The van der Waals surface area contributed by atoms with Crippen molar-refractivity contribution in [2.24, 2.45) is 7.05 Å². The lowest BCUT2D eigenvalue weighted by Gasteiger charge is -2.11. The zero-order valence-corrected chi connectivity index (χ0v) is 19.5. The van der Waals surface area contributed by atoms with Gasteiger partial charge in [-0.25, -0.2) is 15.0 Å². The highest BCUT2D eigenvalue weighted by molar-refractivity contribution is 7.98. The normalized spacial score (nSPS) is 11.2. The molecule has 0 radical (unpaired) electrons. The van der Waals surface area contributed by atoms with Gasteiger partial charge in [0, 0.05) is 55.6 Å². The standard InChI is InChI=1S/C24H17F3N6O2S/c1-33-12-18(7-16-9-29-14-30-10-16)22(34)32-23(33)36-13-15-2-4-20(17(6-15)8-28)35-21-5-3-19(11-31-21)24(25,26)27/h2-6,9-12,14H,7,13H2,1H3. The third-order valence-electron chi connectivity index (χ3n) is 4.94. The summed E-state index contributed by atoms with van der Waals surface area (Å²) in [6.07, 6.45) is 2.96. The van der Waals surface area contributed by atoms with Gasteiger partial charge in [0.25, 0.3) is 5.56 Å². The van der Waals surface area contributed by atoms with E-state index in [0.717, 1.165) is 23.3 Å². The minimum Gasteiger partial charge on any atom is -0.438 e. The van der Waals surface area contributed by atoms with Gasteiger partial charge in [0.1, 0.15) is 18.1 Å². The Bertz CT molecular complexity index is 1470. The van der Waals surface area contributed by atoms with Crippen LogP contribution in [-0.2, 0) is 25.4 Å². The molecule has 0 atom stereocenters. The monoisotopic (exact) mass is 510 g/mol. The van der Waals surface area contributed by atoms with Gasteiger partial charge in [-0.05, 0) is 29.3 Å². The number of ether oxygens (including phenoxy) is 1. The van der Waals surface area contributed by atoms with Gasteiger partial charge >= 0.3 is 6.18 Å². The maximum atomic E-state index is 12.7. The zero-order valence-electron chi connectivity index (χ0n) is 18.7. The van der Waals surface area contributed by atoms with Crippen molar-refractivity contribution in [1.82, 2.24) is 24.5 Å². The van der Waals surface area contributed by atoms with Crippen molar-refractivity contribution in [2.75, 3.05) is 0 Å². The topological polar surface area (TPSA) is 107 Å². The number of thioether (sulfide) groups is 1. The van der Waals surface area contributed by atoms with Crippen LogP contribution in [0.2, 0.25) is 0 Å². The highest BCUT2D eigenvalue weighted by Crippen LogP contribution is 2.31. The number of rotatable bonds is 7. The van der Waals surface area contributed by atoms with Crippen LogP contribution in [0.25, 0.3) is 0 Å². The number of nitriles is 1. The van der Waals surface area contributed by atoms with Gasteiger partial charge in [-0.1, -0.05) is 17.8 Å². The molecule has 0 amide bonds. The van der Waals surface area contributed by atoms with Crippen molar-refractivity contribution in [2.45, 2.75) is 23.5 Å². The minimum atomic E-state index is -4.50. The molecule has 0 spiro atoms. The molecular formula is C24H17F3N6O2S. The molecule has 0 saturated heterocycles. The highest BCUT2D eigenvalue weighted by atomic mass is 32.2. The molecule has 0 aliphatic carbocycles. The largest absolute Gasteiger partial charge is 0.438 e. The highest BCUT2D eigenvalue weighted by Gasteiger charge is 2.30. The Morgan fingerprint density at radius 3 is 2.56 bits per heavy atom. The van der Waals surface area contributed by atoms with Crippen molar-refractivity contribution in [1.29, 1.82) is 5.26 Å². The van der Waals surface area contributed by atoms with Crippen molar-refractivity contribution in [3.05, 3.63) is 99.6 Å². The second-order valence-corrected chi connectivity index (χ2v) is 8.55. The average molecular weight is 511 g/mol. The SMILES string of the molecule is Cn1cc(Cc2cncnc2)c(=O)nc1SCc1ccc(Oc2ccc(C(F)(F)F)cn2)c(C#N)c1. The first kappa shape index (κ1) is 24.9. The minimum absolute atomic E-state index is 0.0667. The maximum absolute atomic E-state index is 12.7. The van der Waals surface area contributed by atoms with Crippen LogP contribution in [0.4, 0.5) is 13.2 Å². The molecule has 36 heavy (non-hydrogen) atoms. The number of benzene rings is 1. The molecule has 4 rings (SSSR count). The number of halogens is 3. The number of hydrogen-bond donors (Lipinski definition) is 0. The molecule has 0 bridgehead atoms. The van der Waals surface area contributed by atoms with E-state index in [2.05, 4.69) is 19.9 Å². The van der Waals surface area contributed by atoms with E-state index in [0.29, 0.717) is 29.1 Å². The summed E-state index contributed by atoms with van der Waals surface area (Å²) in [5.74, 6) is 0.515. The molecule has 4 aromatic rings. The number of aromatic nitrogens is 5. The van der Waals surface area contributed by atoms with Crippen LogP contribution in [0.1, 0.15) is 27.8 Å². The van der Waals surface area contributed by atoms with Gasteiger partial charge in [0.15, 0.2) is 5.16 Å². The van der Waals surface area contributed by atoms with Gasteiger partial charge < -0.3 is 9.30 Å². The van der Waals surface area contributed by atoms with E-state index in [4.69, 9.17) is 4.74 Å². The number of aryl methyl sites for hydroxylation is 1. The van der Waals surface area contributed by atoms with Crippen molar-refractivity contribution < 1.29 is 17.9 Å². The molecule has 12 heteroatoms. The van der Waals surface area contributed by atoms with Crippen LogP contribution in [0.3, 0.4) is 0 Å². The van der Waals surface area contributed by atoms with Gasteiger partial charge in [-0.15, -0.1) is 0 Å². The van der Waals surface area contributed by atoms with Crippen molar-refractivity contribution in [3.63, 3.8) is 0 Å². The van der Waals surface area contributed by atoms with Crippen LogP contribution in [0.5, 0.6) is 11.6 Å². The Morgan fingerprint density at radius 1 is 1.11 bits per heavy atom. The second kappa shape index (κ2) is 10.6. The fraction of sp³-hybridized carbons (Fsp3) is 0.167. The Morgan fingerprint density at radius 2 is 1.89 bits per heavy atom. The summed E-state index contributed by atoms with van der Waals surface area (Å²) in [6, 6.07) is 8.84. The third-order valence-corrected chi connectivity index (χ3v) is 6.06. The first-order chi connectivity index (χ1) is 17.2. The quantitative estimate of drug-likeness (QED) is 0.264. The summed E-state index contributed by atoms with van der Waals surface area (Å²) >= 11 is 1.32. The summed E-state index contributed by atoms with van der Waals surface area (Å²) < 4.78 is 45.4. The summed E-state index contributed by atoms with van der Waals surface area (Å²) in [5.41, 5.74) is 1.04. The lowest BCUT2D eigenvalue weighted by Crippen LogP contribution is -2.18. The van der Waals surface area contributed by atoms with E-state index in [1.807, 2.05) is 6.07 Å². The van der Waals surface area contributed by atoms with E-state index in [1.54, 1.807) is 48.4 Å². The van der Waals surface area contributed by atoms with Gasteiger partial charge in [-0.3, -0.25) is 4.79 Å². The predicted molar refractivity (Wildman–Crippen MR) is 124 cm³/mol. The molecule has 0 unspecified atom stereocenters. The molecule has 0 aliphatic heterocycles. The van der Waals surface area contributed by atoms with Gasteiger partial charge in [-0.2, -0.15) is 23.4 Å². The van der Waals surface area contributed by atoms with Crippen LogP contribution in [0.15, 0.2) is 71.4 Å². The number of pyridine rings is 1. The van der Waals surface area contributed by atoms with Crippen molar-refractivity contribution >= 4 is 11.8 Å². The van der Waals surface area contributed by atoms with E-state index >= 15 is 0 Å². The number of alkyl halides is 3. The van der Waals surface area contributed by atoms with Crippen LogP contribution in [-0.4, -0.2) is 24.5 Å². The van der Waals surface area contributed by atoms with Gasteiger partial charge in [0.05, 0.1) is 11.1 Å². The van der Waals surface area contributed by atoms with Crippen LogP contribution >= 0.6 is 11.8 Å². The van der Waals surface area contributed by atoms with E-state index in [-0.39, 0.29) is 22.8 Å². The Hall–Kier alpha value is -4.24. The smallest absolute Gasteiger partial charge is 0.417 e. The zero-order chi connectivity index (χ0) is 25.7. The van der Waals surface area contributed by atoms with Crippen molar-refractivity contribution in [3.8, 4) is 17.7 Å². The van der Waals surface area contributed by atoms with Crippen LogP contribution < -0.4 is 10.3 Å². The summed E-state index contributed by atoms with van der Waals surface area (Å²) in [7, 11) is 1.79. The molecule has 0 N–H and O–H groups in total. The average Bonchev–Trinajstić information content (AvgIpc) is 2.86. The van der Waals surface area contributed by atoms with E-state index in [1.165, 1.54) is 18.1 Å². The Labute approximate surface area is 207 Å². The third kappa shape index (κ3) is 6.05. The first-order valence-corrected chi connectivity index (χ1v) is 11.4. The van der Waals surface area contributed by atoms with Crippen LogP contribution in [0, 0.1) is 11.3 Å². The summed E-state index contributed by atoms with van der Waals surface area (Å²) in [4.78, 5) is 28.2. The molecule has 0 saturated carbocycles. The Balaban J connectivity index is 1.44. The molecule has 3 heterocycles. The molecular weight excluding hydrogens is 493 g/mol. The number of nitrogens with zero attached hydrogens (tertiary/aromatic N) is 6. The molecule has 3 aromatic heterocycles. The summed E-state index contributed by atoms with van der Waals surface area (Å²) in [6.45, 7) is 0. The molecule has 182 valence electrons. The molecule has 0 fully saturated rings. The lowest BCUT2D eigenvalue weighted by molar-refractivity contribution is -0.137. The van der Waals surface area contributed by atoms with E-state index < -0.39 is 11.7 Å². The van der Waals surface area contributed by atoms with Gasteiger partial charge in [0.2, 0.25) is 5.88 Å². The maximum Gasteiger partial charge on any atom is 0.417 e. The number of hydrogen-bond acceptors (Lipinski definition) is 8. The fourth-order valence-electron chi connectivity index (χ4n) is 3.19. The second-order valence-electron chi connectivity index (χ2n) is 7.60. The summed E-state index contributed by atoms with van der Waals surface area (Å²) in [5, 5.41) is 10.0. The molecule has 8 nitrogen and oxygen atoms in total. The lowest BCUT2D eigenvalue weighted by atomic mass is 10.1. The fourth-order valence-corrected chi connectivity index (χ4v) is 4.07. The Kier molecular flexibility index (Phi) is 7.30. The first-order valence-electron chi connectivity index (χ1n) is 10.4.